The number of hydrogen-bond donors (Lipinski definition) is 0. The molecule has 4 unspecified atom stereocenters. The van der Waals surface area contributed by atoms with Crippen molar-refractivity contribution < 1.29 is 0 Å². The number of piperidine rings is 2. The Labute approximate surface area is 192 Å². The van der Waals surface area contributed by atoms with E-state index in [1.54, 1.807) is 0 Å². The monoisotopic (exact) mass is 434 g/mol. The van der Waals surface area contributed by atoms with E-state index in [1.807, 2.05) is 0 Å². The Morgan fingerprint density at radius 1 is 0.548 bits per heavy atom. The zero-order valence-electron chi connectivity index (χ0n) is 21.3. The van der Waals surface area contributed by atoms with E-state index in [-0.39, 0.29) is 0 Å². The van der Waals surface area contributed by atoms with E-state index in [9.17, 15) is 0 Å². The lowest BCUT2D eigenvalue weighted by atomic mass is 9.92. The fourth-order valence-electron chi connectivity index (χ4n) is 6.72. The Morgan fingerprint density at radius 3 is 1.26 bits per heavy atom. The minimum atomic E-state index is 0.662. The standard InChI is InChI=1S/C25H50N6/c1-20-16-30(22-7-11-26(3)12-8-22)18-24(28(20)5)15-25-19-31(17-21(2)29(25)6)23-9-13-27(4)14-10-23/h20-25H,7-19H2,1-6H3. The lowest BCUT2D eigenvalue weighted by molar-refractivity contribution is -0.0292. The second-order valence-electron chi connectivity index (χ2n) is 11.5. The van der Waals surface area contributed by atoms with Crippen LogP contribution in [-0.2, 0) is 0 Å². The van der Waals surface area contributed by atoms with Crippen molar-refractivity contribution in [1.82, 2.24) is 29.4 Å². The van der Waals surface area contributed by atoms with Crippen molar-refractivity contribution in [2.24, 2.45) is 0 Å². The molecule has 0 aromatic rings. The molecule has 4 heterocycles. The van der Waals surface area contributed by atoms with Gasteiger partial charge in [-0.2, -0.15) is 0 Å². The Hall–Kier alpha value is -0.240. The van der Waals surface area contributed by atoms with Gasteiger partial charge in [0.15, 0.2) is 0 Å². The molecular formula is C25H50N6. The molecule has 6 nitrogen and oxygen atoms in total. The minimum Gasteiger partial charge on any atom is -0.306 e. The first-order valence-corrected chi connectivity index (χ1v) is 13.1. The number of nitrogens with zero attached hydrogens (tertiary/aromatic N) is 6. The fourth-order valence-corrected chi connectivity index (χ4v) is 6.72. The van der Waals surface area contributed by atoms with Crippen LogP contribution >= 0.6 is 0 Å². The molecule has 6 heteroatoms. The molecule has 0 saturated carbocycles. The first kappa shape index (κ1) is 23.9. The van der Waals surface area contributed by atoms with Crippen LogP contribution in [0.1, 0.15) is 46.0 Å². The van der Waals surface area contributed by atoms with Gasteiger partial charge in [-0.05, 0) is 100 Å². The van der Waals surface area contributed by atoms with Crippen molar-refractivity contribution in [3.63, 3.8) is 0 Å². The fraction of sp³-hybridized carbons (Fsp3) is 1.00. The van der Waals surface area contributed by atoms with Crippen LogP contribution in [0, 0.1) is 0 Å². The molecule has 0 aliphatic carbocycles. The molecule has 4 atom stereocenters. The molecule has 4 saturated heterocycles. The van der Waals surface area contributed by atoms with Crippen LogP contribution in [0.25, 0.3) is 0 Å². The molecule has 4 aliphatic rings. The second-order valence-corrected chi connectivity index (χ2v) is 11.5. The molecule has 0 aromatic carbocycles. The van der Waals surface area contributed by atoms with E-state index in [1.165, 1.54) is 84.5 Å². The molecule has 4 fully saturated rings. The normalized spacial score (nSPS) is 38.1. The molecule has 0 N–H and O–H groups in total. The quantitative estimate of drug-likeness (QED) is 0.664. The molecule has 0 bridgehead atoms. The molecule has 180 valence electrons. The number of piperazine rings is 2. The van der Waals surface area contributed by atoms with E-state index in [4.69, 9.17) is 0 Å². The first-order chi connectivity index (χ1) is 14.8. The number of hydrogen-bond acceptors (Lipinski definition) is 6. The summed E-state index contributed by atoms with van der Waals surface area (Å²) in [6.45, 7) is 15.0. The maximum absolute atomic E-state index is 2.86. The summed E-state index contributed by atoms with van der Waals surface area (Å²) in [5.74, 6) is 0. The van der Waals surface area contributed by atoms with E-state index < -0.39 is 0 Å². The van der Waals surface area contributed by atoms with Gasteiger partial charge in [0.2, 0.25) is 0 Å². The molecule has 0 amide bonds. The number of likely N-dealkylation sites (tertiary alicyclic amines) is 2. The summed E-state index contributed by atoms with van der Waals surface area (Å²) in [6, 6.07) is 4.28. The highest BCUT2D eigenvalue weighted by Crippen LogP contribution is 2.28. The first-order valence-electron chi connectivity index (χ1n) is 13.1. The van der Waals surface area contributed by atoms with Crippen molar-refractivity contribution in [2.45, 2.75) is 82.2 Å². The topological polar surface area (TPSA) is 19.4 Å². The minimum absolute atomic E-state index is 0.662. The maximum Gasteiger partial charge on any atom is 0.0238 e. The zero-order chi connectivity index (χ0) is 22.1. The van der Waals surface area contributed by atoms with Gasteiger partial charge in [0.05, 0.1) is 0 Å². The van der Waals surface area contributed by atoms with Gasteiger partial charge in [0, 0.05) is 62.4 Å². The highest BCUT2D eigenvalue weighted by Gasteiger charge is 2.39. The third-order valence-electron chi connectivity index (χ3n) is 9.38. The molecule has 0 aromatic heterocycles. The third-order valence-corrected chi connectivity index (χ3v) is 9.38. The highest BCUT2D eigenvalue weighted by atomic mass is 15.3. The summed E-state index contributed by atoms with van der Waals surface area (Å²) in [5, 5.41) is 0. The summed E-state index contributed by atoms with van der Waals surface area (Å²) in [6.07, 6.45) is 6.72. The lowest BCUT2D eigenvalue weighted by Gasteiger charge is -2.52. The lowest BCUT2D eigenvalue weighted by Crippen LogP contribution is -2.64. The van der Waals surface area contributed by atoms with Crippen molar-refractivity contribution in [3.05, 3.63) is 0 Å². The predicted molar refractivity (Wildman–Crippen MR) is 131 cm³/mol. The average molecular weight is 435 g/mol. The van der Waals surface area contributed by atoms with E-state index >= 15 is 0 Å². The van der Waals surface area contributed by atoms with Crippen LogP contribution < -0.4 is 0 Å². The van der Waals surface area contributed by atoms with Gasteiger partial charge >= 0.3 is 0 Å². The molecule has 4 rings (SSSR count). The Kier molecular flexibility index (Phi) is 7.98. The van der Waals surface area contributed by atoms with E-state index in [2.05, 4.69) is 71.4 Å². The number of rotatable bonds is 4. The molecule has 4 aliphatic heterocycles. The Morgan fingerprint density at radius 2 is 0.903 bits per heavy atom. The smallest absolute Gasteiger partial charge is 0.0238 e. The SMILES string of the molecule is CC1CN(C2CCN(C)CC2)CC(CC2CN(C3CCN(C)CC3)CC(C)N2C)N1C. The molecule has 31 heavy (non-hydrogen) atoms. The summed E-state index contributed by atoms with van der Waals surface area (Å²) < 4.78 is 0. The molecule has 0 radical (unpaired) electrons. The van der Waals surface area contributed by atoms with Gasteiger partial charge in [0.25, 0.3) is 0 Å². The Bertz CT molecular complexity index is 508. The van der Waals surface area contributed by atoms with Crippen LogP contribution in [0.3, 0.4) is 0 Å². The Balaban J connectivity index is 1.39. The van der Waals surface area contributed by atoms with Crippen LogP contribution in [0.2, 0.25) is 0 Å². The van der Waals surface area contributed by atoms with Crippen LogP contribution in [0.15, 0.2) is 0 Å². The summed E-state index contributed by atoms with van der Waals surface area (Å²) >= 11 is 0. The van der Waals surface area contributed by atoms with Gasteiger partial charge < -0.3 is 9.80 Å². The highest BCUT2D eigenvalue weighted by molar-refractivity contribution is 4.96. The van der Waals surface area contributed by atoms with Crippen LogP contribution in [0.4, 0.5) is 0 Å². The average Bonchev–Trinajstić information content (AvgIpc) is 2.75. The summed E-state index contributed by atoms with van der Waals surface area (Å²) in [5.41, 5.74) is 0. The second kappa shape index (κ2) is 10.4. The largest absolute Gasteiger partial charge is 0.306 e. The molecule has 0 spiro atoms. The van der Waals surface area contributed by atoms with Gasteiger partial charge in [-0.3, -0.25) is 19.6 Å². The van der Waals surface area contributed by atoms with Gasteiger partial charge in [-0.15, -0.1) is 0 Å². The van der Waals surface area contributed by atoms with E-state index in [0.717, 1.165) is 12.1 Å². The van der Waals surface area contributed by atoms with Gasteiger partial charge in [-0.1, -0.05) is 0 Å². The van der Waals surface area contributed by atoms with E-state index in [0.29, 0.717) is 24.2 Å². The van der Waals surface area contributed by atoms with Crippen molar-refractivity contribution in [3.8, 4) is 0 Å². The van der Waals surface area contributed by atoms with Crippen LogP contribution in [-0.4, -0.2) is 146 Å². The van der Waals surface area contributed by atoms with Crippen LogP contribution in [0.5, 0.6) is 0 Å². The molecular weight excluding hydrogens is 384 g/mol. The number of likely N-dealkylation sites (N-methyl/N-ethyl adjacent to an activating group) is 2. The zero-order valence-corrected chi connectivity index (χ0v) is 21.3. The van der Waals surface area contributed by atoms with Crippen molar-refractivity contribution in [2.75, 3.05) is 80.5 Å². The van der Waals surface area contributed by atoms with Crippen molar-refractivity contribution in [1.29, 1.82) is 0 Å². The third kappa shape index (κ3) is 5.64. The summed E-state index contributed by atoms with van der Waals surface area (Å²) in [4.78, 5) is 16.1. The summed E-state index contributed by atoms with van der Waals surface area (Å²) in [7, 11) is 9.34. The predicted octanol–water partition coefficient (Wildman–Crippen LogP) is 1.57. The maximum atomic E-state index is 2.86. The van der Waals surface area contributed by atoms with Crippen molar-refractivity contribution >= 4 is 0 Å². The van der Waals surface area contributed by atoms with Gasteiger partial charge in [-0.25, -0.2) is 0 Å². The van der Waals surface area contributed by atoms with Gasteiger partial charge in [0.1, 0.15) is 0 Å².